The molecular weight excluding hydrogens is 380 g/mol. The summed E-state index contributed by atoms with van der Waals surface area (Å²) < 4.78 is 16.3. The summed E-state index contributed by atoms with van der Waals surface area (Å²) in [5, 5.41) is 3.26. The summed E-state index contributed by atoms with van der Waals surface area (Å²) in [7, 11) is 4.76. The zero-order chi connectivity index (χ0) is 21.1. The van der Waals surface area contributed by atoms with E-state index in [2.05, 4.69) is 40.3 Å². The first-order chi connectivity index (χ1) is 14.6. The van der Waals surface area contributed by atoms with Crippen molar-refractivity contribution in [2.45, 2.75) is 19.8 Å². The number of benzene rings is 2. The number of nitrogens with zero attached hydrogens (tertiary/aromatic N) is 3. The minimum absolute atomic E-state index is 0.501. The number of hydrogen-bond donors (Lipinski definition) is 1. The molecule has 2 heterocycles. The third-order valence-corrected chi connectivity index (χ3v) is 5.20. The predicted molar refractivity (Wildman–Crippen MR) is 118 cm³/mol. The lowest BCUT2D eigenvalue weighted by atomic mass is 10.00. The van der Waals surface area contributed by atoms with E-state index in [9.17, 15) is 0 Å². The monoisotopic (exact) mass is 406 g/mol. The first-order valence-electron chi connectivity index (χ1n) is 9.90. The summed E-state index contributed by atoms with van der Waals surface area (Å²) in [6.45, 7) is 3.04. The highest BCUT2D eigenvalue weighted by molar-refractivity contribution is 5.69. The Bertz CT molecular complexity index is 1030. The molecule has 0 spiro atoms. The van der Waals surface area contributed by atoms with Crippen molar-refractivity contribution in [2.75, 3.05) is 38.1 Å². The largest absolute Gasteiger partial charge is 0.493 e. The van der Waals surface area contributed by atoms with Crippen LogP contribution in [-0.2, 0) is 6.42 Å². The summed E-state index contributed by atoms with van der Waals surface area (Å²) in [4.78, 5) is 11.4. The Morgan fingerprint density at radius 2 is 1.73 bits per heavy atom. The van der Waals surface area contributed by atoms with Gasteiger partial charge in [-0.2, -0.15) is 4.98 Å². The van der Waals surface area contributed by atoms with Gasteiger partial charge < -0.3 is 24.4 Å². The van der Waals surface area contributed by atoms with Crippen LogP contribution in [0.15, 0.2) is 42.6 Å². The Labute approximate surface area is 176 Å². The van der Waals surface area contributed by atoms with Crippen molar-refractivity contribution in [3.05, 3.63) is 53.7 Å². The van der Waals surface area contributed by atoms with Gasteiger partial charge in [0.05, 0.1) is 21.3 Å². The van der Waals surface area contributed by atoms with E-state index >= 15 is 0 Å². The number of nitrogens with one attached hydrogen (secondary N) is 1. The molecule has 1 aliphatic rings. The SMILES string of the molecule is COc1cc(Nc2nccc(N3CCCc4ccc(C)cc43)n2)cc(OC)c1OC. The van der Waals surface area contributed by atoms with Gasteiger partial charge in [-0.3, -0.25) is 0 Å². The average Bonchev–Trinajstić information content (AvgIpc) is 2.78. The lowest BCUT2D eigenvalue weighted by Crippen LogP contribution is -2.25. The zero-order valence-corrected chi connectivity index (χ0v) is 17.7. The maximum absolute atomic E-state index is 5.43. The average molecular weight is 406 g/mol. The minimum atomic E-state index is 0.501. The van der Waals surface area contributed by atoms with E-state index in [0.29, 0.717) is 23.2 Å². The molecule has 0 amide bonds. The fourth-order valence-corrected chi connectivity index (χ4v) is 3.76. The van der Waals surface area contributed by atoms with Crippen molar-refractivity contribution in [3.8, 4) is 17.2 Å². The van der Waals surface area contributed by atoms with Gasteiger partial charge in [0, 0.05) is 36.2 Å². The number of methoxy groups -OCH3 is 3. The van der Waals surface area contributed by atoms with Crippen LogP contribution in [0, 0.1) is 6.92 Å². The Morgan fingerprint density at radius 3 is 2.43 bits per heavy atom. The zero-order valence-electron chi connectivity index (χ0n) is 17.7. The van der Waals surface area contributed by atoms with Crippen LogP contribution >= 0.6 is 0 Å². The molecule has 2 aromatic carbocycles. The summed E-state index contributed by atoms with van der Waals surface area (Å²) in [6.07, 6.45) is 3.95. The third-order valence-electron chi connectivity index (χ3n) is 5.20. The van der Waals surface area contributed by atoms with Gasteiger partial charge >= 0.3 is 0 Å². The topological polar surface area (TPSA) is 68.7 Å². The van der Waals surface area contributed by atoms with Crippen molar-refractivity contribution < 1.29 is 14.2 Å². The summed E-state index contributed by atoms with van der Waals surface area (Å²) in [6, 6.07) is 12.2. The van der Waals surface area contributed by atoms with Gasteiger partial charge in [-0.05, 0) is 43.0 Å². The minimum Gasteiger partial charge on any atom is -0.493 e. The second-order valence-corrected chi connectivity index (χ2v) is 7.16. The predicted octanol–water partition coefficient (Wildman–Crippen LogP) is 4.64. The molecule has 3 aromatic rings. The van der Waals surface area contributed by atoms with Gasteiger partial charge in [0.25, 0.3) is 0 Å². The van der Waals surface area contributed by atoms with E-state index in [-0.39, 0.29) is 0 Å². The highest BCUT2D eigenvalue weighted by Crippen LogP contribution is 2.40. The molecule has 0 bridgehead atoms. The normalized spacial score (nSPS) is 12.9. The number of ether oxygens (including phenoxy) is 3. The highest BCUT2D eigenvalue weighted by Gasteiger charge is 2.20. The van der Waals surface area contributed by atoms with E-state index in [4.69, 9.17) is 19.2 Å². The second kappa shape index (κ2) is 8.49. The van der Waals surface area contributed by atoms with Crippen molar-refractivity contribution in [2.24, 2.45) is 0 Å². The smallest absolute Gasteiger partial charge is 0.229 e. The van der Waals surface area contributed by atoms with Crippen LogP contribution in [0.2, 0.25) is 0 Å². The number of fused-ring (bicyclic) bond motifs is 1. The van der Waals surface area contributed by atoms with Crippen molar-refractivity contribution in [1.82, 2.24) is 9.97 Å². The number of hydrogen-bond acceptors (Lipinski definition) is 7. The van der Waals surface area contributed by atoms with E-state index in [1.54, 1.807) is 27.5 Å². The summed E-state index contributed by atoms with van der Waals surface area (Å²) in [5.74, 6) is 3.04. The molecule has 0 aliphatic carbocycles. The lowest BCUT2D eigenvalue weighted by molar-refractivity contribution is 0.324. The quantitative estimate of drug-likeness (QED) is 0.640. The Morgan fingerprint density at radius 1 is 0.967 bits per heavy atom. The molecule has 4 rings (SSSR count). The molecule has 1 aromatic heterocycles. The van der Waals surface area contributed by atoms with Crippen LogP contribution in [0.25, 0.3) is 0 Å². The molecule has 0 atom stereocenters. The van der Waals surface area contributed by atoms with E-state index in [0.717, 1.165) is 30.9 Å². The van der Waals surface area contributed by atoms with Gasteiger partial charge in [-0.15, -0.1) is 0 Å². The van der Waals surface area contributed by atoms with Gasteiger partial charge in [-0.1, -0.05) is 12.1 Å². The van der Waals surface area contributed by atoms with Crippen LogP contribution in [0.5, 0.6) is 17.2 Å². The lowest BCUT2D eigenvalue weighted by Gasteiger charge is -2.30. The Kier molecular flexibility index (Phi) is 5.61. The molecule has 0 saturated heterocycles. The van der Waals surface area contributed by atoms with Crippen molar-refractivity contribution in [1.29, 1.82) is 0 Å². The molecule has 1 N–H and O–H groups in total. The molecule has 1 aliphatic heterocycles. The maximum Gasteiger partial charge on any atom is 0.229 e. The van der Waals surface area contributed by atoms with Gasteiger partial charge in [0.15, 0.2) is 11.5 Å². The number of rotatable bonds is 6. The molecule has 30 heavy (non-hydrogen) atoms. The molecule has 0 fully saturated rings. The molecule has 7 heteroatoms. The van der Waals surface area contributed by atoms with Gasteiger partial charge in [-0.25, -0.2) is 4.98 Å². The van der Waals surface area contributed by atoms with Crippen LogP contribution in [0.3, 0.4) is 0 Å². The summed E-state index contributed by atoms with van der Waals surface area (Å²) in [5.41, 5.74) is 4.56. The van der Waals surface area contributed by atoms with Crippen molar-refractivity contribution >= 4 is 23.1 Å². The molecule has 0 saturated carbocycles. The fourth-order valence-electron chi connectivity index (χ4n) is 3.76. The van der Waals surface area contributed by atoms with Gasteiger partial charge in [0.2, 0.25) is 11.7 Å². The van der Waals surface area contributed by atoms with E-state index in [1.807, 2.05) is 18.2 Å². The number of anilines is 4. The van der Waals surface area contributed by atoms with E-state index in [1.165, 1.54) is 16.8 Å². The first-order valence-corrected chi connectivity index (χ1v) is 9.90. The fraction of sp³-hybridized carbons (Fsp3) is 0.304. The second-order valence-electron chi connectivity index (χ2n) is 7.16. The standard InChI is InChI=1S/C23H26N4O3/c1-15-7-8-16-6-5-11-27(18(16)12-15)21-9-10-24-23(26-21)25-17-13-19(28-2)22(30-4)20(14-17)29-3/h7-10,12-14H,5-6,11H2,1-4H3,(H,24,25,26). The molecule has 0 radical (unpaired) electrons. The number of aryl methyl sites for hydroxylation is 2. The molecule has 0 unspecified atom stereocenters. The maximum atomic E-state index is 5.43. The van der Waals surface area contributed by atoms with Crippen LogP contribution in [0.1, 0.15) is 17.5 Å². The first kappa shape index (κ1) is 19.8. The van der Waals surface area contributed by atoms with Gasteiger partial charge in [0.1, 0.15) is 5.82 Å². The number of aromatic nitrogens is 2. The molecule has 156 valence electrons. The van der Waals surface area contributed by atoms with E-state index < -0.39 is 0 Å². The highest BCUT2D eigenvalue weighted by atomic mass is 16.5. The third kappa shape index (κ3) is 3.83. The Balaban J connectivity index is 1.65. The van der Waals surface area contributed by atoms with Crippen molar-refractivity contribution in [3.63, 3.8) is 0 Å². The molecular formula is C23H26N4O3. The molecule has 7 nitrogen and oxygen atoms in total. The van der Waals surface area contributed by atoms with Crippen LogP contribution in [-0.4, -0.2) is 37.8 Å². The Hall–Kier alpha value is -3.48. The van der Waals surface area contributed by atoms with Crippen LogP contribution in [0.4, 0.5) is 23.1 Å². The summed E-state index contributed by atoms with van der Waals surface area (Å²) >= 11 is 0. The van der Waals surface area contributed by atoms with Crippen LogP contribution < -0.4 is 24.4 Å².